The molecule has 2 aromatic rings. The number of carbonyl (C=O) groups is 1. The summed E-state index contributed by atoms with van der Waals surface area (Å²) in [5, 5.41) is 3.79. The van der Waals surface area contributed by atoms with E-state index >= 15 is 0 Å². The average Bonchev–Trinajstić information content (AvgIpc) is 3.29. The van der Waals surface area contributed by atoms with E-state index in [1.54, 1.807) is 0 Å². The van der Waals surface area contributed by atoms with Crippen LogP contribution in [0, 0.1) is 0 Å². The Morgan fingerprint density at radius 2 is 2.24 bits per heavy atom. The molecule has 1 aliphatic heterocycles. The van der Waals surface area contributed by atoms with Crippen molar-refractivity contribution in [3.05, 3.63) is 36.5 Å². The first-order valence-corrected chi connectivity index (χ1v) is 9.88. The van der Waals surface area contributed by atoms with Crippen LogP contribution in [0.1, 0.15) is 26.2 Å². The smallest absolute Gasteiger partial charge is 0.230 e. The van der Waals surface area contributed by atoms with Gasteiger partial charge in [0.15, 0.2) is 5.16 Å². The molecular weight excluding hydrogens is 334 g/mol. The fourth-order valence-electron chi connectivity index (χ4n) is 2.93. The molecule has 1 aromatic heterocycles. The van der Waals surface area contributed by atoms with Gasteiger partial charge in [-0.2, -0.15) is 0 Å². The van der Waals surface area contributed by atoms with Gasteiger partial charge in [0.05, 0.1) is 30.3 Å². The molecule has 1 aromatic carbocycles. The number of amides is 1. The van der Waals surface area contributed by atoms with Crippen molar-refractivity contribution in [1.29, 1.82) is 0 Å². The quantitative estimate of drug-likeness (QED) is 0.735. The maximum atomic E-state index is 11.9. The molecule has 1 saturated heterocycles. The summed E-state index contributed by atoms with van der Waals surface area (Å²) in [6.45, 7) is 4.39. The van der Waals surface area contributed by atoms with E-state index in [4.69, 9.17) is 4.74 Å². The number of ether oxygens (including phenoxy) is 1. The highest BCUT2D eigenvalue weighted by atomic mass is 32.2. The topological polar surface area (TPSA) is 56.2 Å². The minimum Gasteiger partial charge on any atom is -0.376 e. The zero-order chi connectivity index (χ0) is 17.5. The minimum absolute atomic E-state index is 0.0553. The maximum absolute atomic E-state index is 11.9. The van der Waals surface area contributed by atoms with E-state index in [9.17, 15) is 4.79 Å². The Bertz CT molecular complexity index is 681. The number of imidazole rings is 1. The van der Waals surface area contributed by atoms with Gasteiger partial charge in [0.25, 0.3) is 0 Å². The number of hydrogen-bond acceptors (Lipinski definition) is 4. The monoisotopic (exact) mass is 359 g/mol. The number of thioether (sulfide) groups is 1. The molecule has 2 heterocycles. The Balaban J connectivity index is 1.77. The minimum atomic E-state index is 0.0553. The Morgan fingerprint density at radius 3 is 2.96 bits per heavy atom. The van der Waals surface area contributed by atoms with E-state index in [2.05, 4.69) is 27.0 Å². The Hall–Kier alpha value is -1.79. The number of rotatable bonds is 8. The van der Waals surface area contributed by atoms with Crippen LogP contribution in [-0.4, -0.2) is 40.5 Å². The van der Waals surface area contributed by atoms with Crippen LogP contribution in [0.4, 0.5) is 0 Å². The lowest BCUT2D eigenvalue weighted by molar-refractivity contribution is -0.118. The van der Waals surface area contributed by atoms with Crippen LogP contribution in [0.5, 0.6) is 0 Å². The average molecular weight is 359 g/mol. The molecule has 5 nitrogen and oxygen atoms in total. The van der Waals surface area contributed by atoms with E-state index in [1.165, 1.54) is 11.8 Å². The van der Waals surface area contributed by atoms with Gasteiger partial charge in [-0.1, -0.05) is 49.0 Å². The first-order chi connectivity index (χ1) is 12.3. The van der Waals surface area contributed by atoms with E-state index in [1.807, 2.05) is 31.3 Å². The molecule has 1 atom stereocenters. The van der Waals surface area contributed by atoms with Gasteiger partial charge in [0.2, 0.25) is 5.91 Å². The third-order valence-corrected chi connectivity index (χ3v) is 5.19. The summed E-state index contributed by atoms with van der Waals surface area (Å²) in [6, 6.07) is 10.3. The van der Waals surface area contributed by atoms with Crippen molar-refractivity contribution in [3.8, 4) is 11.3 Å². The van der Waals surface area contributed by atoms with E-state index in [-0.39, 0.29) is 12.0 Å². The molecule has 0 unspecified atom stereocenters. The second-order valence-corrected chi connectivity index (χ2v) is 7.12. The molecule has 0 aliphatic carbocycles. The standard InChI is InChI=1S/C19H25N3O2S/c1-2-10-20-18(23)14-25-19-21-12-17(15-7-4-3-5-8-15)22(19)13-16-9-6-11-24-16/h3-5,7-8,12,16H,2,6,9-11,13-14H2,1H3,(H,20,23)/t16-/m0/s1. The van der Waals surface area contributed by atoms with Gasteiger partial charge in [-0.25, -0.2) is 4.98 Å². The molecule has 1 aliphatic rings. The van der Waals surface area contributed by atoms with Crippen LogP contribution in [0.3, 0.4) is 0 Å². The molecule has 0 bridgehead atoms. The molecule has 0 saturated carbocycles. The van der Waals surface area contributed by atoms with Gasteiger partial charge in [-0.05, 0) is 24.8 Å². The zero-order valence-electron chi connectivity index (χ0n) is 14.6. The first-order valence-electron chi connectivity index (χ1n) is 8.90. The third kappa shape index (κ3) is 4.86. The maximum Gasteiger partial charge on any atom is 0.230 e. The van der Waals surface area contributed by atoms with E-state index in [0.29, 0.717) is 5.75 Å². The lowest BCUT2D eigenvalue weighted by atomic mass is 10.1. The fourth-order valence-corrected chi connectivity index (χ4v) is 3.75. The highest BCUT2D eigenvalue weighted by molar-refractivity contribution is 7.99. The number of carbonyl (C=O) groups excluding carboxylic acids is 1. The van der Waals surface area contributed by atoms with Crippen molar-refractivity contribution in [2.45, 2.75) is 44.0 Å². The Morgan fingerprint density at radius 1 is 1.40 bits per heavy atom. The van der Waals surface area contributed by atoms with Crippen molar-refractivity contribution in [2.75, 3.05) is 18.9 Å². The summed E-state index contributed by atoms with van der Waals surface area (Å²) in [5.41, 5.74) is 2.21. The lowest BCUT2D eigenvalue weighted by Crippen LogP contribution is -2.26. The van der Waals surface area contributed by atoms with Gasteiger partial charge in [-0.3, -0.25) is 4.79 Å². The number of aromatic nitrogens is 2. The van der Waals surface area contributed by atoms with E-state index < -0.39 is 0 Å². The molecule has 25 heavy (non-hydrogen) atoms. The number of nitrogens with zero attached hydrogens (tertiary/aromatic N) is 2. The lowest BCUT2D eigenvalue weighted by Gasteiger charge is -2.16. The van der Waals surface area contributed by atoms with Crippen LogP contribution in [0.2, 0.25) is 0 Å². The summed E-state index contributed by atoms with van der Waals surface area (Å²) < 4.78 is 8.01. The highest BCUT2D eigenvalue weighted by Gasteiger charge is 2.21. The van der Waals surface area contributed by atoms with E-state index in [0.717, 1.165) is 55.4 Å². The molecule has 0 radical (unpaired) electrons. The third-order valence-electron chi connectivity index (χ3n) is 4.20. The number of nitrogens with one attached hydrogen (secondary N) is 1. The molecule has 1 N–H and O–H groups in total. The molecule has 1 fully saturated rings. The van der Waals surface area contributed by atoms with Gasteiger partial charge in [0, 0.05) is 13.2 Å². The van der Waals surface area contributed by atoms with Crippen molar-refractivity contribution < 1.29 is 9.53 Å². The van der Waals surface area contributed by atoms with Crippen molar-refractivity contribution in [3.63, 3.8) is 0 Å². The van der Waals surface area contributed by atoms with Crippen molar-refractivity contribution >= 4 is 17.7 Å². The highest BCUT2D eigenvalue weighted by Crippen LogP contribution is 2.28. The predicted molar refractivity (Wildman–Crippen MR) is 101 cm³/mol. The summed E-state index contributed by atoms with van der Waals surface area (Å²) in [6.07, 6.45) is 5.26. The Labute approximate surface area is 153 Å². The summed E-state index contributed by atoms with van der Waals surface area (Å²) in [5.74, 6) is 0.441. The van der Waals surface area contributed by atoms with Gasteiger partial charge in [-0.15, -0.1) is 0 Å². The molecule has 0 spiro atoms. The summed E-state index contributed by atoms with van der Waals surface area (Å²) in [7, 11) is 0. The molecule has 134 valence electrons. The summed E-state index contributed by atoms with van der Waals surface area (Å²) >= 11 is 1.49. The largest absolute Gasteiger partial charge is 0.376 e. The molecular formula is C19H25N3O2S. The molecule has 1 amide bonds. The fraction of sp³-hybridized carbons (Fsp3) is 0.474. The molecule has 6 heteroatoms. The SMILES string of the molecule is CCCNC(=O)CSc1ncc(-c2ccccc2)n1C[C@@H]1CCCO1. The Kier molecular flexibility index (Phi) is 6.53. The normalized spacial score (nSPS) is 16.9. The van der Waals surface area contributed by atoms with Crippen LogP contribution in [0.15, 0.2) is 41.7 Å². The zero-order valence-corrected chi connectivity index (χ0v) is 15.4. The van der Waals surface area contributed by atoms with Crippen molar-refractivity contribution in [2.24, 2.45) is 0 Å². The van der Waals surface area contributed by atoms with Gasteiger partial charge < -0.3 is 14.6 Å². The van der Waals surface area contributed by atoms with Gasteiger partial charge in [0.1, 0.15) is 0 Å². The first kappa shape index (κ1) is 18.0. The molecule has 3 rings (SSSR count). The summed E-state index contributed by atoms with van der Waals surface area (Å²) in [4.78, 5) is 16.5. The van der Waals surface area contributed by atoms with Crippen molar-refractivity contribution in [1.82, 2.24) is 14.9 Å². The van der Waals surface area contributed by atoms with Crippen LogP contribution in [-0.2, 0) is 16.1 Å². The second kappa shape index (κ2) is 9.06. The van der Waals surface area contributed by atoms with Crippen LogP contribution >= 0.6 is 11.8 Å². The number of benzene rings is 1. The van der Waals surface area contributed by atoms with Crippen LogP contribution in [0.25, 0.3) is 11.3 Å². The van der Waals surface area contributed by atoms with Gasteiger partial charge >= 0.3 is 0 Å². The number of hydrogen-bond donors (Lipinski definition) is 1. The predicted octanol–water partition coefficient (Wildman–Crippen LogP) is 3.35. The second-order valence-electron chi connectivity index (χ2n) is 6.18. The van der Waals surface area contributed by atoms with Crippen LogP contribution < -0.4 is 5.32 Å².